The Balaban J connectivity index is 2.04. The van der Waals surface area contributed by atoms with Crippen molar-refractivity contribution in [2.24, 2.45) is 0 Å². The molecule has 4 nitrogen and oxygen atoms in total. The van der Waals surface area contributed by atoms with Gasteiger partial charge in [0.2, 0.25) is 0 Å². The third-order valence-electron chi connectivity index (χ3n) is 3.41. The van der Waals surface area contributed by atoms with E-state index in [0.29, 0.717) is 12.4 Å². The highest BCUT2D eigenvalue weighted by atomic mass is 16.5. The van der Waals surface area contributed by atoms with Gasteiger partial charge >= 0.3 is 0 Å². The average molecular weight is 243 g/mol. The Labute approximate surface area is 106 Å². The Morgan fingerprint density at radius 3 is 3.00 bits per heavy atom. The number of fused-ring (bicyclic) bond motifs is 1. The van der Waals surface area contributed by atoms with E-state index in [1.54, 1.807) is 0 Å². The standard InChI is InChI=1S/C14H17N3O/c1-2-3-12-13(16-17-14(12)15)9-4-5-10-7-18-8-11(10)6-9/h4-6H,2-3,7-8H2,1H3,(H3,15,16,17). The van der Waals surface area contributed by atoms with E-state index in [4.69, 9.17) is 10.5 Å². The van der Waals surface area contributed by atoms with E-state index >= 15 is 0 Å². The highest BCUT2D eigenvalue weighted by Crippen LogP contribution is 2.30. The van der Waals surface area contributed by atoms with Gasteiger partial charge in [0.25, 0.3) is 0 Å². The van der Waals surface area contributed by atoms with Crippen molar-refractivity contribution in [3.8, 4) is 11.3 Å². The van der Waals surface area contributed by atoms with E-state index in [0.717, 1.165) is 36.3 Å². The molecule has 18 heavy (non-hydrogen) atoms. The molecule has 0 saturated heterocycles. The van der Waals surface area contributed by atoms with E-state index in [1.165, 1.54) is 11.1 Å². The van der Waals surface area contributed by atoms with E-state index in [1.807, 2.05) is 0 Å². The van der Waals surface area contributed by atoms with E-state index in [2.05, 4.69) is 35.3 Å². The minimum absolute atomic E-state index is 0.614. The van der Waals surface area contributed by atoms with Crippen LogP contribution >= 0.6 is 0 Å². The third kappa shape index (κ3) is 1.78. The number of H-pyrrole nitrogens is 1. The van der Waals surface area contributed by atoms with Gasteiger partial charge in [-0.3, -0.25) is 5.10 Å². The van der Waals surface area contributed by atoms with Crippen LogP contribution in [0.3, 0.4) is 0 Å². The van der Waals surface area contributed by atoms with Gasteiger partial charge in [0.1, 0.15) is 5.82 Å². The number of nitrogens with two attached hydrogens (primary N) is 1. The molecule has 94 valence electrons. The zero-order valence-corrected chi connectivity index (χ0v) is 10.5. The summed E-state index contributed by atoms with van der Waals surface area (Å²) in [5, 5.41) is 7.18. The summed E-state index contributed by atoms with van der Waals surface area (Å²) < 4.78 is 5.44. The predicted octanol–water partition coefficient (Wildman–Crippen LogP) is 2.64. The number of anilines is 1. The molecule has 3 rings (SSSR count). The van der Waals surface area contributed by atoms with E-state index < -0.39 is 0 Å². The molecule has 3 N–H and O–H groups in total. The highest BCUT2D eigenvalue weighted by Gasteiger charge is 2.16. The number of nitrogen functional groups attached to an aromatic ring is 1. The van der Waals surface area contributed by atoms with E-state index in [9.17, 15) is 0 Å². The van der Waals surface area contributed by atoms with Gasteiger partial charge < -0.3 is 10.5 Å². The first-order chi connectivity index (χ1) is 8.79. The van der Waals surface area contributed by atoms with Gasteiger partial charge in [-0.05, 0) is 23.6 Å². The zero-order valence-electron chi connectivity index (χ0n) is 10.5. The maximum atomic E-state index is 5.91. The number of hydrogen-bond acceptors (Lipinski definition) is 3. The lowest BCUT2D eigenvalue weighted by Crippen LogP contribution is -1.93. The number of aromatic amines is 1. The summed E-state index contributed by atoms with van der Waals surface area (Å²) in [6.45, 7) is 3.57. The predicted molar refractivity (Wildman–Crippen MR) is 70.9 cm³/mol. The summed E-state index contributed by atoms with van der Waals surface area (Å²) in [5.74, 6) is 0.614. The van der Waals surface area contributed by atoms with Crippen molar-refractivity contribution in [2.75, 3.05) is 5.73 Å². The second kappa shape index (κ2) is 4.46. The Kier molecular flexibility index (Phi) is 2.80. The number of rotatable bonds is 3. The first-order valence-corrected chi connectivity index (χ1v) is 6.32. The Morgan fingerprint density at radius 2 is 2.17 bits per heavy atom. The molecule has 2 aromatic rings. The van der Waals surface area contributed by atoms with Gasteiger partial charge in [0, 0.05) is 11.1 Å². The molecule has 0 radical (unpaired) electrons. The van der Waals surface area contributed by atoms with Crippen LogP contribution in [0.5, 0.6) is 0 Å². The molecule has 0 spiro atoms. The fraction of sp³-hybridized carbons (Fsp3) is 0.357. The number of ether oxygens (including phenoxy) is 1. The molecule has 0 amide bonds. The number of nitrogens with one attached hydrogen (secondary N) is 1. The molecule has 0 fully saturated rings. The first kappa shape index (κ1) is 11.3. The number of hydrogen-bond donors (Lipinski definition) is 2. The maximum absolute atomic E-state index is 5.91. The van der Waals surface area contributed by atoms with Crippen LogP contribution in [-0.4, -0.2) is 10.2 Å². The summed E-state index contributed by atoms with van der Waals surface area (Å²) in [6, 6.07) is 6.42. The summed E-state index contributed by atoms with van der Waals surface area (Å²) >= 11 is 0. The first-order valence-electron chi connectivity index (χ1n) is 6.32. The van der Waals surface area contributed by atoms with Gasteiger partial charge in [-0.1, -0.05) is 25.5 Å². The van der Waals surface area contributed by atoms with Crippen molar-refractivity contribution in [3.05, 3.63) is 34.9 Å². The average Bonchev–Trinajstić information content (AvgIpc) is 2.97. The topological polar surface area (TPSA) is 63.9 Å². The summed E-state index contributed by atoms with van der Waals surface area (Å²) in [7, 11) is 0. The van der Waals surface area contributed by atoms with Crippen LogP contribution in [0.1, 0.15) is 30.0 Å². The van der Waals surface area contributed by atoms with Gasteiger partial charge in [0.15, 0.2) is 0 Å². The normalized spacial score (nSPS) is 13.8. The van der Waals surface area contributed by atoms with Crippen molar-refractivity contribution in [2.45, 2.75) is 33.0 Å². The highest BCUT2D eigenvalue weighted by molar-refractivity contribution is 5.69. The molecular weight excluding hydrogens is 226 g/mol. The minimum atomic E-state index is 0.614. The monoisotopic (exact) mass is 243 g/mol. The third-order valence-corrected chi connectivity index (χ3v) is 3.41. The van der Waals surface area contributed by atoms with Crippen LogP contribution in [0, 0.1) is 0 Å². The molecule has 0 unspecified atom stereocenters. The van der Waals surface area contributed by atoms with Gasteiger partial charge in [-0.15, -0.1) is 0 Å². The molecule has 1 aromatic heterocycles. The Morgan fingerprint density at radius 1 is 1.33 bits per heavy atom. The molecule has 0 atom stereocenters. The zero-order chi connectivity index (χ0) is 12.5. The summed E-state index contributed by atoms with van der Waals surface area (Å²) in [5.41, 5.74) is 11.8. The number of nitrogens with zero attached hydrogens (tertiary/aromatic N) is 1. The largest absolute Gasteiger partial charge is 0.382 e. The molecule has 1 aliphatic rings. The molecule has 0 aliphatic carbocycles. The lowest BCUT2D eigenvalue weighted by molar-refractivity contribution is 0.134. The lowest BCUT2D eigenvalue weighted by atomic mass is 10.0. The molecular formula is C14H17N3O. The minimum Gasteiger partial charge on any atom is -0.382 e. The maximum Gasteiger partial charge on any atom is 0.149 e. The van der Waals surface area contributed by atoms with Crippen LogP contribution in [-0.2, 0) is 24.4 Å². The molecule has 4 heteroatoms. The number of benzene rings is 1. The van der Waals surface area contributed by atoms with Crippen molar-refractivity contribution >= 4 is 5.82 Å². The fourth-order valence-electron chi connectivity index (χ4n) is 2.45. The van der Waals surface area contributed by atoms with Crippen LogP contribution in [0.25, 0.3) is 11.3 Å². The molecule has 1 aliphatic heterocycles. The summed E-state index contributed by atoms with van der Waals surface area (Å²) in [6.07, 6.45) is 2.01. The van der Waals surface area contributed by atoms with Crippen molar-refractivity contribution in [1.82, 2.24) is 10.2 Å². The van der Waals surface area contributed by atoms with Crippen molar-refractivity contribution in [3.63, 3.8) is 0 Å². The van der Waals surface area contributed by atoms with Gasteiger partial charge in [-0.25, -0.2) is 0 Å². The van der Waals surface area contributed by atoms with Crippen molar-refractivity contribution < 1.29 is 4.74 Å². The van der Waals surface area contributed by atoms with Crippen LogP contribution in [0.4, 0.5) is 5.82 Å². The van der Waals surface area contributed by atoms with E-state index in [-0.39, 0.29) is 0 Å². The smallest absolute Gasteiger partial charge is 0.149 e. The van der Waals surface area contributed by atoms with Crippen molar-refractivity contribution in [1.29, 1.82) is 0 Å². The molecule has 0 bridgehead atoms. The summed E-state index contributed by atoms with van der Waals surface area (Å²) in [4.78, 5) is 0. The van der Waals surface area contributed by atoms with Crippen LogP contribution in [0.2, 0.25) is 0 Å². The second-order valence-corrected chi connectivity index (χ2v) is 4.69. The second-order valence-electron chi connectivity index (χ2n) is 4.69. The Bertz CT molecular complexity index is 574. The molecule has 1 aromatic carbocycles. The van der Waals surface area contributed by atoms with Crippen LogP contribution in [0.15, 0.2) is 18.2 Å². The fourth-order valence-corrected chi connectivity index (χ4v) is 2.45. The molecule has 2 heterocycles. The lowest BCUT2D eigenvalue weighted by Gasteiger charge is -2.05. The molecule has 0 saturated carbocycles. The van der Waals surface area contributed by atoms with Gasteiger partial charge in [-0.2, -0.15) is 5.10 Å². The van der Waals surface area contributed by atoms with Gasteiger partial charge in [0.05, 0.1) is 18.9 Å². The van der Waals surface area contributed by atoms with Crippen LogP contribution < -0.4 is 5.73 Å². The quantitative estimate of drug-likeness (QED) is 0.871. The SMILES string of the molecule is CCCc1c(N)n[nH]c1-c1ccc2c(c1)COC2. The number of aromatic nitrogens is 2. The Hall–Kier alpha value is -1.81.